The van der Waals surface area contributed by atoms with Crippen LogP contribution in [-0.4, -0.2) is 30.7 Å². The highest BCUT2D eigenvalue weighted by atomic mass is 16.7. The minimum Gasteiger partial charge on any atom is -0.317 e. The zero-order chi connectivity index (χ0) is 13.8. The van der Waals surface area contributed by atoms with E-state index in [0.717, 1.165) is 11.8 Å². The third-order valence-corrected chi connectivity index (χ3v) is 5.94. The molecule has 1 unspecified atom stereocenters. The van der Waals surface area contributed by atoms with Gasteiger partial charge in [0.1, 0.15) is 0 Å². The Kier molecular flexibility index (Phi) is 3.13. The molecule has 0 aromatic rings. The molecule has 0 aromatic carbocycles. The van der Waals surface area contributed by atoms with Crippen molar-refractivity contribution < 1.29 is 9.63 Å². The van der Waals surface area contributed by atoms with Gasteiger partial charge in [-0.3, -0.25) is 9.63 Å². The molecule has 4 aliphatic rings. The van der Waals surface area contributed by atoms with Crippen LogP contribution in [0.4, 0.5) is 0 Å². The van der Waals surface area contributed by atoms with Crippen molar-refractivity contribution in [1.29, 1.82) is 0 Å². The zero-order valence-electron chi connectivity index (χ0n) is 12.3. The number of nitrogens with zero attached hydrogens (tertiary/aromatic N) is 1. The molecule has 1 atom stereocenters. The second-order valence-corrected chi connectivity index (χ2v) is 7.22. The smallest absolute Gasteiger partial charge is 0.265 e. The largest absolute Gasteiger partial charge is 0.317 e. The van der Waals surface area contributed by atoms with Gasteiger partial charge in [0.2, 0.25) is 0 Å². The van der Waals surface area contributed by atoms with Gasteiger partial charge in [0.15, 0.2) is 0 Å². The standard InChI is InChI=1S/C15H26N2O2/c1-15(16,14(18)17(2)19-3)13-11-5-9-4-10(7-11)8-12(13)6-9/h9-13H,4-8,16H2,1-3H3. The van der Waals surface area contributed by atoms with E-state index in [1.54, 1.807) is 7.05 Å². The lowest BCUT2D eigenvalue weighted by atomic mass is 9.48. The minimum atomic E-state index is -0.784. The quantitative estimate of drug-likeness (QED) is 0.792. The van der Waals surface area contributed by atoms with Gasteiger partial charge in [-0.25, -0.2) is 5.06 Å². The van der Waals surface area contributed by atoms with E-state index in [1.165, 1.54) is 44.3 Å². The van der Waals surface area contributed by atoms with E-state index in [0.29, 0.717) is 17.8 Å². The van der Waals surface area contributed by atoms with Crippen LogP contribution in [-0.2, 0) is 9.63 Å². The molecule has 4 nitrogen and oxygen atoms in total. The number of rotatable bonds is 3. The van der Waals surface area contributed by atoms with Gasteiger partial charge < -0.3 is 5.73 Å². The first-order valence-electron chi connectivity index (χ1n) is 7.54. The topological polar surface area (TPSA) is 55.6 Å². The third kappa shape index (κ3) is 2.00. The molecule has 4 heteroatoms. The van der Waals surface area contributed by atoms with Crippen LogP contribution in [0.2, 0.25) is 0 Å². The Balaban J connectivity index is 1.83. The van der Waals surface area contributed by atoms with Crippen LogP contribution in [0, 0.1) is 29.6 Å². The molecule has 1 amide bonds. The number of hydrogen-bond donors (Lipinski definition) is 1. The highest BCUT2D eigenvalue weighted by Crippen LogP contribution is 2.58. The van der Waals surface area contributed by atoms with E-state index in [4.69, 9.17) is 10.6 Å². The van der Waals surface area contributed by atoms with Crippen molar-refractivity contribution in [3.05, 3.63) is 0 Å². The first kappa shape index (κ1) is 13.4. The molecule has 108 valence electrons. The number of hydroxylamine groups is 2. The minimum absolute atomic E-state index is 0.0764. The fourth-order valence-corrected chi connectivity index (χ4v) is 5.47. The number of likely N-dealkylation sites (N-methyl/N-ethyl adjacent to an activating group) is 1. The van der Waals surface area contributed by atoms with Crippen LogP contribution in [0.25, 0.3) is 0 Å². The predicted molar refractivity (Wildman–Crippen MR) is 72.9 cm³/mol. The normalized spacial score (nSPS) is 43.1. The molecule has 0 aromatic heterocycles. The lowest BCUT2D eigenvalue weighted by molar-refractivity contribution is -0.182. The summed E-state index contributed by atoms with van der Waals surface area (Å²) in [4.78, 5) is 17.5. The maximum atomic E-state index is 12.5. The summed E-state index contributed by atoms with van der Waals surface area (Å²) in [6.45, 7) is 1.91. The summed E-state index contributed by atoms with van der Waals surface area (Å²) in [6.07, 6.45) is 6.57. The van der Waals surface area contributed by atoms with E-state index in [2.05, 4.69) is 0 Å². The van der Waals surface area contributed by atoms with Crippen molar-refractivity contribution in [2.24, 2.45) is 35.3 Å². The number of carbonyl (C=O) groups is 1. The second-order valence-electron chi connectivity index (χ2n) is 7.22. The third-order valence-electron chi connectivity index (χ3n) is 5.94. The van der Waals surface area contributed by atoms with E-state index in [-0.39, 0.29) is 5.91 Å². The number of carbonyl (C=O) groups excluding carboxylic acids is 1. The molecule has 4 saturated carbocycles. The second kappa shape index (κ2) is 4.45. The fraction of sp³-hybridized carbons (Fsp3) is 0.933. The fourth-order valence-electron chi connectivity index (χ4n) is 5.47. The molecule has 2 N–H and O–H groups in total. The average molecular weight is 266 g/mol. The molecule has 4 aliphatic carbocycles. The molecule has 4 fully saturated rings. The maximum absolute atomic E-state index is 12.5. The van der Waals surface area contributed by atoms with E-state index < -0.39 is 5.54 Å². The molecule has 0 spiro atoms. The van der Waals surface area contributed by atoms with Crippen molar-refractivity contribution >= 4 is 5.91 Å². The van der Waals surface area contributed by atoms with Gasteiger partial charge >= 0.3 is 0 Å². The van der Waals surface area contributed by atoms with Gasteiger partial charge in [-0.2, -0.15) is 0 Å². The van der Waals surface area contributed by atoms with Gasteiger partial charge in [0.25, 0.3) is 5.91 Å². The van der Waals surface area contributed by atoms with Crippen LogP contribution in [0.1, 0.15) is 39.0 Å². The van der Waals surface area contributed by atoms with Crippen molar-refractivity contribution in [2.45, 2.75) is 44.6 Å². The van der Waals surface area contributed by atoms with E-state index >= 15 is 0 Å². The molecular formula is C15H26N2O2. The molecular weight excluding hydrogens is 240 g/mol. The summed E-state index contributed by atoms with van der Waals surface area (Å²) >= 11 is 0. The van der Waals surface area contributed by atoms with Crippen LogP contribution >= 0.6 is 0 Å². The Morgan fingerprint density at radius 2 is 1.63 bits per heavy atom. The van der Waals surface area contributed by atoms with Gasteiger partial charge in [-0.15, -0.1) is 0 Å². The van der Waals surface area contributed by atoms with Gasteiger partial charge in [0, 0.05) is 7.05 Å². The number of nitrogens with two attached hydrogens (primary N) is 1. The number of hydrogen-bond acceptors (Lipinski definition) is 3. The first-order valence-corrected chi connectivity index (χ1v) is 7.54. The summed E-state index contributed by atoms with van der Waals surface area (Å²) in [5.41, 5.74) is 5.71. The molecule has 0 heterocycles. The van der Waals surface area contributed by atoms with Crippen LogP contribution in [0.15, 0.2) is 0 Å². The van der Waals surface area contributed by atoms with Crippen LogP contribution < -0.4 is 5.73 Å². The lowest BCUT2D eigenvalue weighted by Crippen LogP contribution is -2.64. The van der Waals surface area contributed by atoms with Crippen molar-refractivity contribution in [3.63, 3.8) is 0 Å². The molecule has 19 heavy (non-hydrogen) atoms. The Labute approximate surface area is 115 Å². The predicted octanol–water partition coefficient (Wildman–Crippen LogP) is 1.80. The van der Waals surface area contributed by atoms with Crippen LogP contribution in [0.3, 0.4) is 0 Å². The van der Waals surface area contributed by atoms with Gasteiger partial charge in [0.05, 0.1) is 12.6 Å². The SMILES string of the molecule is CON(C)C(=O)C(C)(N)C1C2CC3CC(C2)CC1C3. The molecule has 4 rings (SSSR count). The average Bonchev–Trinajstić information content (AvgIpc) is 2.35. The summed E-state index contributed by atoms with van der Waals surface area (Å²) in [7, 11) is 3.17. The van der Waals surface area contributed by atoms with Gasteiger partial charge in [-0.05, 0) is 68.6 Å². The highest BCUT2D eigenvalue weighted by Gasteiger charge is 2.55. The molecule has 0 aliphatic heterocycles. The van der Waals surface area contributed by atoms with Crippen molar-refractivity contribution in [1.82, 2.24) is 5.06 Å². The van der Waals surface area contributed by atoms with Gasteiger partial charge in [-0.1, -0.05) is 0 Å². The lowest BCUT2D eigenvalue weighted by Gasteiger charge is -2.58. The molecule has 0 saturated heterocycles. The summed E-state index contributed by atoms with van der Waals surface area (Å²) < 4.78 is 0. The summed E-state index contributed by atoms with van der Waals surface area (Å²) in [5, 5.41) is 1.30. The Morgan fingerprint density at radius 3 is 2.05 bits per heavy atom. The Morgan fingerprint density at radius 1 is 1.16 bits per heavy atom. The molecule has 4 bridgehead atoms. The van der Waals surface area contributed by atoms with Crippen molar-refractivity contribution in [3.8, 4) is 0 Å². The highest BCUT2D eigenvalue weighted by molar-refractivity contribution is 5.85. The van der Waals surface area contributed by atoms with E-state index in [1.807, 2.05) is 6.92 Å². The van der Waals surface area contributed by atoms with E-state index in [9.17, 15) is 4.79 Å². The summed E-state index contributed by atoms with van der Waals surface area (Å²) in [5.74, 6) is 3.38. The Bertz CT molecular complexity index is 352. The number of amides is 1. The molecule has 0 radical (unpaired) electrons. The maximum Gasteiger partial charge on any atom is 0.265 e. The summed E-state index contributed by atoms with van der Waals surface area (Å²) in [6, 6.07) is 0. The van der Waals surface area contributed by atoms with Crippen LogP contribution in [0.5, 0.6) is 0 Å². The first-order chi connectivity index (χ1) is 8.93. The zero-order valence-corrected chi connectivity index (χ0v) is 12.3. The van der Waals surface area contributed by atoms with Crippen molar-refractivity contribution in [2.75, 3.05) is 14.2 Å². The Hall–Kier alpha value is -0.610. The monoisotopic (exact) mass is 266 g/mol.